The van der Waals surface area contributed by atoms with E-state index in [1.54, 1.807) is 11.0 Å². The quantitative estimate of drug-likeness (QED) is 0.554. The molecule has 2 aromatic carbocycles. The number of hydrogen-bond acceptors (Lipinski definition) is 2. The predicted molar refractivity (Wildman–Crippen MR) is 93.7 cm³/mol. The van der Waals surface area contributed by atoms with Gasteiger partial charge in [0.25, 0.3) is 0 Å². The van der Waals surface area contributed by atoms with E-state index in [9.17, 15) is 0 Å². The molecule has 0 saturated carbocycles. The molecule has 0 spiro atoms. The van der Waals surface area contributed by atoms with Gasteiger partial charge in [-0.2, -0.15) is 5.10 Å². The van der Waals surface area contributed by atoms with E-state index in [1.165, 1.54) is 0 Å². The number of nitrogens with zero attached hydrogens (tertiary/aromatic N) is 3. The third kappa shape index (κ3) is 3.39. The van der Waals surface area contributed by atoms with Crippen LogP contribution in [-0.4, -0.2) is 14.8 Å². The van der Waals surface area contributed by atoms with E-state index >= 15 is 0 Å². The summed E-state index contributed by atoms with van der Waals surface area (Å²) in [6.07, 6.45) is 1.69. The molecule has 3 nitrogen and oxygen atoms in total. The Kier molecular flexibility index (Phi) is 4.47. The van der Waals surface area contributed by atoms with Gasteiger partial charge in [-0.15, -0.1) is 0 Å². The van der Waals surface area contributed by atoms with Gasteiger partial charge in [-0.05, 0) is 46.9 Å². The predicted octanol–water partition coefficient (Wildman–Crippen LogP) is 4.90. The Morgan fingerprint density at radius 3 is 2.48 bits per heavy atom. The van der Waals surface area contributed by atoms with Gasteiger partial charge in [-0.25, -0.2) is 9.67 Å². The van der Waals surface area contributed by atoms with Gasteiger partial charge in [0.1, 0.15) is 6.33 Å². The van der Waals surface area contributed by atoms with Crippen molar-refractivity contribution in [3.63, 3.8) is 0 Å². The van der Waals surface area contributed by atoms with Gasteiger partial charge >= 0.3 is 0 Å². The molecule has 0 N–H and O–H groups in total. The molecular formula is C15H10Cl2IN3. The summed E-state index contributed by atoms with van der Waals surface area (Å²) in [5, 5.41) is 5.75. The number of rotatable bonds is 3. The van der Waals surface area contributed by atoms with Crippen molar-refractivity contribution < 1.29 is 0 Å². The maximum Gasteiger partial charge on any atom is 0.181 e. The van der Waals surface area contributed by atoms with Gasteiger partial charge in [0.2, 0.25) is 0 Å². The number of benzene rings is 2. The molecule has 0 amide bonds. The molecule has 0 bridgehead atoms. The minimum Gasteiger partial charge on any atom is -0.248 e. The molecule has 0 aliphatic rings. The maximum atomic E-state index is 6.18. The van der Waals surface area contributed by atoms with Crippen molar-refractivity contribution in [2.24, 2.45) is 0 Å². The van der Waals surface area contributed by atoms with Crippen molar-refractivity contribution >= 4 is 45.8 Å². The molecule has 3 rings (SSSR count). The molecule has 0 unspecified atom stereocenters. The molecule has 3 aromatic rings. The molecule has 6 heteroatoms. The molecule has 0 aliphatic carbocycles. The SMILES string of the molecule is Clc1cccc(Cl)c1Cn1cnc(-c2cccc(I)c2)n1. The van der Waals surface area contributed by atoms with E-state index in [1.807, 2.05) is 42.5 Å². The van der Waals surface area contributed by atoms with Crippen LogP contribution in [0.2, 0.25) is 10.0 Å². The zero-order chi connectivity index (χ0) is 14.8. The van der Waals surface area contributed by atoms with Crippen molar-refractivity contribution in [3.8, 4) is 11.4 Å². The number of aromatic nitrogens is 3. The second-order valence-corrected chi connectivity index (χ2v) is 6.54. The van der Waals surface area contributed by atoms with Crippen LogP contribution in [0.1, 0.15) is 5.56 Å². The van der Waals surface area contributed by atoms with E-state index in [-0.39, 0.29) is 0 Å². The first-order chi connectivity index (χ1) is 10.1. The van der Waals surface area contributed by atoms with Gasteiger partial charge in [-0.1, -0.05) is 41.4 Å². The Morgan fingerprint density at radius 1 is 1.05 bits per heavy atom. The Labute approximate surface area is 146 Å². The lowest BCUT2D eigenvalue weighted by molar-refractivity contribution is 0.687. The van der Waals surface area contributed by atoms with Crippen LogP contribution in [0.4, 0.5) is 0 Å². The van der Waals surface area contributed by atoms with Crippen molar-refractivity contribution in [1.82, 2.24) is 14.8 Å². The Morgan fingerprint density at radius 2 is 1.76 bits per heavy atom. The molecule has 0 fully saturated rings. The molecule has 1 heterocycles. The summed E-state index contributed by atoms with van der Waals surface area (Å²) in [7, 11) is 0. The normalized spacial score (nSPS) is 10.8. The fourth-order valence-electron chi connectivity index (χ4n) is 1.98. The lowest BCUT2D eigenvalue weighted by atomic mass is 10.2. The molecule has 0 aliphatic heterocycles. The first kappa shape index (κ1) is 14.8. The number of halogens is 3. The maximum absolute atomic E-state index is 6.18. The average molecular weight is 430 g/mol. The van der Waals surface area contributed by atoms with Crippen LogP contribution in [0.25, 0.3) is 11.4 Å². The largest absolute Gasteiger partial charge is 0.248 e. The Bertz CT molecular complexity index is 766. The second kappa shape index (κ2) is 6.34. The summed E-state index contributed by atoms with van der Waals surface area (Å²) >= 11 is 14.6. The molecule has 0 saturated heterocycles. The molecule has 0 atom stereocenters. The van der Waals surface area contributed by atoms with E-state index in [4.69, 9.17) is 23.2 Å². The highest BCUT2D eigenvalue weighted by atomic mass is 127. The van der Waals surface area contributed by atoms with Crippen LogP contribution in [0.3, 0.4) is 0 Å². The van der Waals surface area contributed by atoms with Crippen LogP contribution >= 0.6 is 45.8 Å². The minimum atomic E-state index is 0.495. The van der Waals surface area contributed by atoms with Gasteiger partial charge in [0, 0.05) is 24.7 Å². The van der Waals surface area contributed by atoms with Crippen molar-refractivity contribution in [1.29, 1.82) is 0 Å². The summed E-state index contributed by atoms with van der Waals surface area (Å²) in [6, 6.07) is 13.5. The van der Waals surface area contributed by atoms with E-state index < -0.39 is 0 Å². The third-order valence-corrected chi connectivity index (χ3v) is 4.38. The van der Waals surface area contributed by atoms with Crippen molar-refractivity contribution in [3.05, 3.63) is 68.0 Å². The molecule has 106 valence electrons. The van der Waals surface area contributed by atoms with E-state index in [2.05, 4.69) is 32.7 Å². The number of hydrogen-bond donors (Lipinski definition) is 0. The van der Waals surface area contributed by atoms with Crippen LogP contribution in [-0.2, 0) is 6.54 Å². The standard InChI is InChI=1S/C15H10Cl2IN3/c16-13-5-2-6-14(17)12(13)8-21-9-19-15(20-21)10-3-1-4-11(18)7-10/h1-7,9H,8H2. The smallest absolute Gasteiger partial charge is 0.181 e. The Hall–Kier alpha value is -1.11. The van der Waals surface area contributed by atoms with Crippen molar-refractivity contribution in [2.45, 2.75) is 6.54 Å². The Balaban J connectivity index is 1.89. The molecule has 1 aromatic heterocycles. The molecular weight excluding hydrogens is 420 g/mol. The van der Waals surface area contributed by atoms with Crippen LogP contribution in [0.15, 0.2) is 48.8 Å². The highest BCUT2D eigenvalue weighted by Crippen LogP contribution is 2.25. The summed E-state index contributed by atoms with van der Waals surface area (Å²) in [4.78, 5) is 4.35. The second-order valence-electron chi connectivity index (χ2n) is 4.48. The summed E-state index contributed by atoms with van der Waals surface area (Å²) in [5.74, 6) is 0.691. The van der Waals surface area contributed by atoms with E-state index in [0.717, 1.165) is 14.7 Å². The monoisotopic (exact) mass is 429 g/mol. The first-order valence-corrected chi connectivity index (χ1v) is 8.05. The third-order valence-electron chi connectivity index (χ3n) is 3.00. The molecule has 0 radical (unpaired) electrons. The lowest BCUT2D eigenvalue weighted by Gasteiger charge is -2.06. The van der Waals surface area contributed by atoms with Gasteiger partial charge in [-0.3, -0.25) is 0 Å². The molecule has 21 heavy (non-hydrogen) atoms. The summed E-state index contributed by atoms with van der Waals surface area (Å²) in [6.45, 7) is 0.495. The fraction of sp³-hybridized carbons (Fsp3) is 0.0667. The van der Waals surface area contributed by atoms with Crippen molar-refractivity contribution in [2.75, 3.05) is 0 Å². The van der Waals surface area contributed by atoms with Crippen LogP contribution in [0.5, 0.6) is 0 Å². The highest BCUT2D eigenvalue weighted by molar-refractivity contribution is 14.1. The topological polar surface area (TPSA) is 30.7 Å². The summed E-state index contributed by atoms with van der Waals surface area (Å²) in [5.41, 5.74) is 1.84. The van der Waals surface area contributed by atoms with Gasteiger partial charge in [0.05, 0.1) is 6.54 Å². The first-order valence-electron chi connectivity index (χ1n) is 6.22. The lowest BCUT2D eigenvalue weighted by Crippen LogP contribution is -2.02. The minimum absolute atomic E-state index is 0.495. The van der Waals surface area contributed by atoms with E-state index in [0.29, 0.717) is 22.4 Å². The van der Waals surface area contributed by atoms with Crippen LogP contribution < -0.4 is 0 Å². The van der Waals surface area contributed by atoms with Gasteiger partial charge in [0.15, 0.2) is 5.82 Å². The highest BCUT2D eigenvalue weighted by Gasteiger charge is 2.09. The fourth-order valence-corrected chi connectivity index (χ4v) is 3.04. The zero-order valence-electron chi connectivity index (χ0n) is 10.8. The summed E-state index contributed by atoms with van der Waals surface area (Å²) < 4.78 is 2.89. The zero-order valence-corrected chi connectivity index (χ0v) is 14.5. The average Bonchev–Trinajstić information content (AvgIpc) is 2.92. The van der Waals surface area contributed by atoms with Crippen LogP contribution in [0, 0.1) is 3.57 Å². The van der Waals surface area contributed by atoms with Gasteiger partial charge < -0.3 is 0 Å².